The molecule has 0 saturated carbocycles. The maximum Gasteiger partial charge on any atom is 0.408 e. The smallest absolute Gasteiger partial charge is 0.408 e. The molecule has 0 aliphatic carbocycles. The van der Waals surface area contributed by atoms with Gasteiger partial charge in [0.15, 0.2) is 0 Å². The summed E-state index contributed by atoms with van der Waals surface area (Å²) < 4.78 is 5.50. The molecule has 7 heteroatoms. The van der Waals surface area contributed by atoms with E-state index < -0.39 is 23.8 Å². The SMILES string of the molecule is C#Cc1ccccc1C(C(=O)NCCCC)N(C(=O)C(NC(=O)OC(C)(C)C)C(C)CC)C(C)CCC(C)C. The summed E-state index contributed by atoms with van der Waals surface area (Å²) >= 11 is 0. The third-order valence-corrected chi connectivity index (χ3v) is 6.81. The van der Waals surface area contributed by atoms with E-state index in [4.69, 9.17) is 11.2 Å². The molecule has 0 heterocycles. The third-order valence-electron chi connectivity index (χ3n) is 6.81. The third kappa shape index (κ3) is 10.9. The highest BCUT2D eigenvalue weighted by atomic mass is 16.6. The molecule has 218 valence electrons. The van der Waals surface area contributed by atoms with Crippen molar-refractivity contribution in [3.63, 3.8) is 0 Å². The van der Waals surface area contributed by atoms with Gasteiger partial charge < -0.3 is 20.3 Å². The number of benzene rings is 1. The van der Waals surface area contributed by atoms with E-state index in [0.717, 1.165) is 19.3 Å². The van der Waals surface area contributed by atoms with Crippen LogP contribution in [-0.4, -0.2) is 47.0 Å². The van der Waals surface area contributed by atoms with Gasteiger partial charge in [0, 0.05) is 18.2 Å². The Hall–Kier alpha value is -3.01. The molecule has 0 radical (unpaired) electrons. The molecule has 39 heavy (non-hydrogen) atoms. The molecule has 4 unspecified atom stereocenters. The van der Waals surface area contributed by atoms with Gasteiger partial charge in [-0.1, -0.05) is 71.6 Å². The Labute approximate surface area is 236 Å². The molecule has 0 bridgehead atoms. The number of rotatable bonds is 14. The Morgan fingerprint density at radius 2 is 1.69 bits per heavy atom. The van der Waals surface area contributed by atoms with Crippen LogP contribution < -0.4 is 10.6 Å². The van der Waals surface area contributed by atoms with Crippen LogP contribution in [0.25, 0.3) is 0 Å². The fourth-order valence-corrected chi connectivity index (χ4v) is 4.36. The number of nitrogens with zero attached hydrogens (tertiary/aromatic N) is 1. The van der Waals surface area contributed by atoms with Crippen molar-refractivity contribution in [3.05, 3.63) is 35.4 Å². The van der Waals surface area contributed by atoms with Crippen molar-refractivity contribution >= 4 is 17.9 Å². The molecule has 1 rings (SSSR count). The Bertz CT molecular complexity index is 976. The average molecular weight is 542 g/mol. The Balaban J connectivity index is 3.70. The van der Waals surface area contributed by atoms with Crippen LogP contribution in [0.1, 0.15) is 112 Å². The number of alkyl carbamates (subject to hydrolysis) is 1. The maximum absolute atomic E-state index is 14.5. The lowest BCUT2D eigenvalue weighted by atomic mass is 9.91. The van der Waals surface area contributed by atoms with Gasteiger partial charge in [-0.3, -0.25) is 9.59 Å². The molecule has 1 aromatic carbocycles. The largest absolute Gasteiger partial charge is 0.444 e. The van der Waals surface area contributed by atoms with E-state index in [1.54, 1.807) is 31.7 Å². The van der Waals surface area contributed by atoms with E-state index in [0.29, 0.717) is 36.4 Å². The summed E-state index contributed by atoms with van der Waals surface area (Å²) in [5.74, 6) is 2.31. The first-order valence-corrected chi connectivity index (χ1v) is 14.4. The fourth-order valence-electron chi connectivity index (χ4n) is 4.36. The molecule has 7 nitrogen and oxygen atoms in total. The highest BCUT2D eigenvalue weighted by Crippen LogP contribution is 2.30. The second kappa shape index (κ2) is 16.2. The molecule has 0 saturated heterocycles. The molecule has 0 spiro atoms. The molecule has 0 aliphatic rings. The number of unbranched alkanes of at least 4 members (excludes halogenated alkanes) is 1. The number of nitrogens with one attached hydrogen (secondary N) is 2. The molecule has 1 aromatic rings. The van der Waals surface area contributed by atoms with Crippen LogP contribution in [0.2, 0.25) is 0 Å². The van der Waals surface area contributed by atoms with E-state index in [2.05, 4.69) is 37.3 Å². The first-order valence-electron chi connectivity index (χ1n) is 14.4. The molecule has 0 aliphatic heterocycles. The van der Waals surface area contributed by atoms with Crippen LogP contribution in [0.15, 0.2) is 24.3 Å². The van der Waals surface area contributed by atoms with Gasteiger partial charge in [-0.05, 0) is 70.4 Å². The summed E-state index contributed by atoms with van der Waals surface area (Å²) in [4.78, 5) is 42.9. The van der Waals surface area contributed by atoms with Crippen LogP contribution in [0.5, 0.6) is 0 Å². The fraction of sp³-hybridized carbons (Fsp3) is 0.656. The quantitative estimate of drug-likeness (QED) is 0.216. The molecule has 4 atom stereocenters. The predicted octanol–water partition coefficient (Wildman–Crippen LogP) is 6.22. The minimum Gasteiger partial charge on any atom is -0.444 e. The van der Waals surface area contributed by atoms with Crippen molar-refractivity contribution in [1.29, 1.82) is 0 Å². The van der Waals surface area contributed by atoms with E-state index in [1.807, 2.05) is 39.0 Å². The highest BCUT2D eigenvalue weighted by molar-refractivity contribution is 5.93. The Morgan fingerprint density at radius 1 is 1.05 bits per heavy atom. The van der Waals surface area contributed by atoms with Crippen LogP contribution in [-0.2, 0) is 14.3 Å². The number of carbonyl (C=O) groups is 3. The first kappa shape index (κ1) is 34.0. The summed E-state index contributed by atoms with van der Waals surface area (Å²) in [5, 5.41) is 5.86. The summed E-state index contributed by atoms with van der Waals surface area (Å²) in [5.41, 5.74) is 0.436. The van der Waals surface area contributed by atoms with Crippen molar-refractivity contribution in [2.45, 2.75) is 118 Å². The zero-order chi connectivity index (χ0) is 29.8. The van der Waals surface area contributed by atoms with Crippen molar-refractivity contribution in [2.24, 2.45) is 11.8 Å². The van der Waals surface area contributed by atoms with Crippen molar-refractivity contribution in [3.8, 4) is 12.3 Å². The van der Waals surface area contributed by atoms with Gasteiger partial charge >= 0.3 is 6.09 Å². The first-order chi connectivity index (χ1) is 18.3. The minimum absolute atomic E-state index is 0.198. The van der Waals surface area contributed by atoms with Crippen molar-refractivity contribution in [1.82, 2.24) is 15.5 Å². The van der Waals surface area contributed by atoms with Gasteiger partial charge in [-0.15, -0.1) is 6.42 Å². The highest BCUT2D eigenvalue weighted by Gasteiger charge is 2.41. The maximum atomic E-state index is 14.5. The number of terminal acetylenes is 1. The average Bonchev–Trinajstić information content (AvgIpc) is 2.87. The zero-order valence-corrected chi connectivity index (χ0v) is 25.6. The zero-order valence-electron chi connectivity index (χ0n) is 25.6. The second-order valence-electron chi connectivity index (χ2n) is 11.9. The van der Waals surface area contributed by atoms with Crippen LogP contribution >= 0.6 is 0 Å². The number of carbonyl (C=O) groups excluding carboxylic acids is 3. The van der Waals surface area contributed by atoms with Gasteiger partial charge in [0.25, 0.3) is 0 Å². The molecular weight excluding hydrogens is 490 g/mol. The van der Waals surface area contributed by atoms with Gasteiger partial charge in [0.2, 0.25) is 11.8 Å². The monoisotopic (exact) mass is 541 g/mol. The number of hydrogen-bond acceptors (Lipinski definition) is 4. The molecule has 0 aromatic heterocycles. The summed E-state index contributed by atoms with van der Waals surface area (Å²) in [6, 6.07) is 5.13. The van der Waals surface area contributed by atoms with Gasteiger partial charge in [0.05, 0.1) is 0 Å². The minimum atomic E-state index is -0.948. The lowest BCUT2D eigenvalue weighted by Crippen LogP contribution is -2.57. The standard InChI is InChI=1S/C32H51N3O4/c1-11-14-21-33-29(36)28(26-18-16-15-17-25(26)13-3)35(24(7)20-19-22(4)5)30(37)27(23(6)12-2)34-31(38)39-32(8,9)10/h3,15-18,22-24,27-28H,11-12,14,19-21H2,1-2,4-10H3,(H,33,36)(H,34,38). The lowest BCUT2D eigenvalue weighted by Gasteiger charge is -2.40. The predicted molar refractivity (Wildman–Crippen MR) is 158 cm³/mol. The molecule has 2 N–H and O–H groups in total. The second-order valence-corrected chi connectivity index (χ2v) is 11.9. The number of amides is 3. The van der Waals surface area contributed by atoms with Gasteiger partial charge in [0.1, 0.15) is 17.7 Å². The van der Waals surface area contributed by atoms with Crippen LogP contribution in [0.4, 0.5) is 4.79 Å². The van der Waals surface area contributed by atoms with Crippen molar-refractivity contribution in [2.75, 3.05) is 6.54 Å². The summed E-state index contributed by atoms with van der Waals surface area (Å²) in [6.07, 6.45) is 9.16. The number of hydrogen-bond donors (Lipinski definition) is 2. The summed E-state index contributed by atoms with van der Waals surface area (Å²) in [6.45, 7) is 18.0. The van der Waals surface area contributed by atoms with E-state index >= 15 is 0 Å². The lowest BCUT2D eigenvalue weighted by molar-refractivity contribution is -0.146. The molecule has 3 amide bonds. The Morgan fingerprint density at radius 3 is 2.23 bits per heavy atom. The van der Waals surface area contributed by atoms with Crippen LogP contribution in [0, 0.1) is 24.2 Å². The topological polar surface area (TPSA) is 87.7 Å². The Kier molecular flexibility index (Phi) is 14.1. The number of ether oxygens (including phenoxy) is 1. The molecule has 0 fully saturated rings. The van der Waals surface area contributed by atoms with Gasteiger partial charge in [-0.25, -0.2) is 4.79 Å². The normalized spacial score (nSPS) is 14.5. The van der Waals surface area contributed by atoms with Gasteiger partial charge in [-0.2, -0.15) is 0 Å². The van der Waals surface area contributed by atoms with Crippen LogP contribution in [0.3, 0.4) is 0 Å². The van der Waals surface area contributed by atoms with E-state index in [9.17, 15) is 14.4 Å². The van der Waals surface area contributed by atoms with E-state index in [1.165, 1.54) is 0 Å². The summed E-state index contributed by atoms with van der Waals surface area (Å²) in [7, 11) is 0. The van der Waals surface area contributed by atoms with Crippen molar-refractivity contribution < 1.29 is 19.1 Å². The van der Waals surface area contributed by atoms with E-state index in [-0.39, 0.29) is 23.8 Å². The molecular formula is C32H51N3O4.